The second-order valence-electron chi connectivity index (χ2n) is 4.01. The Morgan fingerprint density at radius 3 is 3.16 bits per heavy atom. The van der Waals surface area contributed by atoms with Crippen molar-refractivity contribution < 1.29 is 4.79 Å². The van der Waals surface area contributed by atoms with Gasteiger partial charge in [0.05, 0.1) is 17.5 Å². The molecule has 1 amide bonds. The van der Waals surface area contributed by atoms with E-state index in [0.717, 1.165) is 12.8 Å². The number of nitrogens with zero attached hydrogens (tertiary/aromatic N) is 2. The molecule has 0 saturated carbocycles. The number of nitrogens with one attached hydrogen (secondary N) is 1. The average Bonchev–Trinajstić information content (AvgIpc) is 2.89. The summed E-state index contributed by atoms with van der Waals surface area (Å²) in [6.07, 6.45) is 5.30. The van der Waals surface area contributed by atoms with Crippen molar-refractivity contribution in [3.05, 3.63) is 52.0 Å². The van der Waals surface area contributed by atoms with Crippen LogP contribution in [0.3, 0.4) is 0 Å². The molecule has 2 rings (SSSR count). The summed E-state index contributed by atoms with van der Waals surface area (Å²) in [5.74, 6) is -0.189. The number of rotatable bonds is 5. The zero-order chi connectivity index (χ0) is 13.5. The van der Waals surface area contributed by atoms with Gasteiger partial charge in [-0.05, 0) is 24.6 Å². The number of amides is 1. The molecular formula is C14H15N3OS. The van der Waals surface area contributed by atoms with Crippen molar-refractivity contribution in [2.75, 3.05) is 0 Å². The zero-order valence-electron chi connectivity index (χ0n) is 10.7. The molecule has 98 valence electrons. The topological polar surface area (TPSA) is 54.4 Å². The Kier molecular flexibility index (Phi) is 4.80. The fourth-order valence-electron chi connectivity index (χ4n) is 1.55. The van der Waals surface area contributed by atoms with Gasteiger partial charge in [-0.25, -0.2) is 5.43 Å². The molecule has 0 radical (unpaired) electrons. The van der Waals surface area contributed by atoms with E-state index in [0.29, 0.717) is 11.3 Å². The highest BCUT2D eigenvalue weighted by Crippen LogP contribution is 2.16. The third kappa shape index (κ3) is 3.99. The number of carbonyl (C=O) groups is 1. The Labute approximate surface area is 116 Å². The van der Waals surface area contributed by atoms with Gasteiger partial charge in [0, 0.05) is 16.5 Å². The monoisotopic (exact) mass is 273 g/mol. The van der Waals surface area contributed by atoms with Gasteiger partial charge in [-0.15, -0.1) is 11.3 Å². The summed E-state index contributed by atoms with van der Waals surface area (Å²) >= 11 is 1.61. The van der Waals surface area contributed by atoms with Gasteiger partial charge in [0.15, 0.2) is 0 Å². The lowest BCUT2D eigenvalue weighted by atomic mass is 10.2. The molecule has 4 nitrogen and oxygen atoms in total. The highest BCUT2D eigenvalue weighted by Gasteiger charge is 2.07. The van der Waals surface area contributed by atoms with Crippen LogP contribution in [0.15, 0.2) is 40.9 Å². The Bertz CT molecular complexity index is 563. The van der Waals surface area contributed by atoms with Crippen molar-refractivity contribution in [3.8, 4) is 0 Å². The summed E-state index contributed by atoms with van der Waals surface area (Å²) in [6.45, 7) is 2.12. The molecule has 19 heavy (non-hydrogen) atoms. The van der Waals surface area contributed by atoms with Gasteiger partial charge in [-0.3, -0.25) is 9.78 Å². The van der Waals surface area contributed by atoms with Crippen LogP contribution in [-0.4, -0.2) is 17.1 Å². The van der Waals surface area contributed by atoms with E-state index in [9.17, 15) is 4.79 Å². The molecule has 0 aliphatic heterocycles. The molecule has 0 saturated heterocycles. The first-order valence-corrected chi connectivity index (χ1v) is 6.99. The van der Waals surface area contributed by atoms with Crippen LogP contribution in [0.2, 0.25) is 0 Å². The van der Waals surface area contributed by atoms with Crippen LogP contribution in [0.4, 0.5) is 0 Å². The van der Waals surface area contributed by atoms with Gasteiger partial charge in [0.2, 0.25) is 0 Å². The molecule has 0 bridgehead atoms. The van der Waals surface area contributed by atoms with E-state index >= 15 is 0 Å². The van der Waals surface area contributed by atoms with Crippen LogP contribution >= 0.6 is 11.3 Å². The van der Waals surface area contributed by atoms with Gasteiger partial charge in [0.1, 0.15) is 0 Å². The smallest absolute Gasteiger partial charge is 0.267 e. The van der Waals surface area contributed by atoms with Gasteiger partial charge in [-0.2, -0.15) is 5.10 Å². The standard InChI is InChI=1S/C14H15N3OS/c1-2-5-13-8-11(10-19-13)14(18)17-16-9-12-6-3-4-7-15-12/h3-4,6-10H,2,5H2,1H3,(H,17,18)/b16-9-. The Balaban J connectivity index is 1.92. The third-order valence-electron chi connectivity index (χ3n) is 2.46. The number of aryl methyl sites for hydroxylation is 1. The molecule has 0 unspecified atom stereocenters. The van der Waals surface area contributed by atoms with Gasteiger partial charge < -0.3 is 0 Å². The summed E-state index contributed by atoms with van der Waals surface area (Å²) < 4.78 is 0. The van der Waals surface area contributed by atoms with E-state index in [1.165, 1.54) is 11.1 Å². The molecule has 0 aliphatic rings. The Morgan fingerprint density at radius 1 is 1.53 bits per heavy atom. The molecule has 1 N–H and O–H groups in total. The maximum atomic E-state index is 11.8. The van der Waals surface area contributed by atoms with E-state index in [-0.39, 0.29) is 5.91 Å². The van der Waals surface area contributed by atoms with E-state index in [1.54, 1.807) is 17.5 Å². The fraction of sp³-hybridized carbons (Fsp3) is 0.214. The number of pyridine rings is 1. The lowest BCUT2D eigenvalue weighted by molar-refractivity contribution is 0.0955. The largest absolute Gasteiger partial charge is 0.272 e. The highest BCUT2D eigenvalue weighted by atomic mass is 32.1. The molecule has 5 heteroatoms. The summed E-state index contributed by atoms with van der Waals surface area (Å²) in [6, 6.07) is 7.43. The summed E-state index contributed by atoms with van der Waals surface area (Å²) in [4.78, 5) is 17.1. The second-order valence-corrected chi connectivity index (χ2v) is 5.00. The Hall–Kier alpha value is -2.01. The van der Waals surface area contributed by atoms with E-state index in [1.807, 2.05) is 29.6 Å². The van der Waals surface area contributed by atoms with Crippen LogP contribution < -0.4 is 5.43 Å². The second kappa shape index (κ2) is 6.80. The van der Waals surface area contributed by atoms with Gasteiger partial charge in [-0.1, -0.05) is 19.4 Å². The number of hydrazone groups is 1. The van der Waals surface area contributed by atoms with Gasteiger partial charge >= 0.3 is 0 Å². The molecule has 0 atom stereocenters. The van der Waals surface area contributed by atoms with Crippen LogP contribution in [0, 0.1) is 0 Å². The minimum atomic E-state index is -0.189. The molecular weight excluding hydrogens is 258 g/mol. The normalized spacial score (nSPS) is 10.8. The lowest BCUT2D eigenvalue weighted by Crippen LogP contribution is -2.16. The lowest BCUT2D eigenvalue weighted by Gasteiger charge is -1.95. The molecule has 0 aromatic carbocycles. The molecule has 2 aromatic rings. The number of hydrogen-bond donors (Lipinski definition) is 1. The van der Waals surface area contributed by atoms with Crippen molar-refractivity contribution in [2.45, 2.75) is 19.8 Å². The first kappa shape index (κ1) is 13.4. The fourth-order valence-corrected chi connectivity index (χ4v) is 2.52. The average molecular weight is 273 g/mol. The predicted molar refractivity (Wildman–Crippen MR) is 77.6 cm³/mol. The molecule has 2 aromatic heterocycles. The molecule has 0 spiro atoms. The SMILES string of the molecule is CCCc1cc(C(=O)N/N=C\c2ccccn2)cs1. The van der Waals surface area contributed by atoms with Crippen molar-refractivity contribution in [3.63, 3.8) is 0 Å². The quantitative estimate of drug-likeness (QED) is 0.672. The van der Waals surface area contributed by atoms with Crippen LogP contribution in [0.5, 0.6) is 0 Å². The molecule has 0 fully saturated rings. The number of thiophene rings is 1. The summed E-state index contributed by atoms with van der Waals surface area (Å²) in [7, 11) is 0. The van der Waals surface area contributed by atoms with Crippen molar-refractivity contribution >= 4 is 23.5 Å². The van der Waals surface area contributed by atoms with Crippen molar-refractivity contribution in [1.82, 2.24) is 10.4 Å². The minimum Gasteiger partial charge on any atom is -0.267 e. The summed E-state index contributed by atoms with van der Waals surface area (Å²) in [5, 5.41) is 5.75. The van der Waals surface area contributed by atoms with Crippen LogP contribution in [-0.2, 0) is 6.42 Å². The van der Waals surface area contributed by atoms with Crippen molar-refractivity contribution in [2.24, 2.45) is 5.10 Å². The predicted octanol–water partition coefficient (Wildman–Crippen LogP) is 2.86. The van der Waals surface area contributed by atoms with Crippen LogP contribution in [0.25, 0.3) is 0 Å². The number of carbonyl (C=O) groups excluding carboxylic acids is 1. The van der Waals surface area contributed by atoms with E-state index in [2.05, 4.69) is 22.4 Å². The molecule has 0 aliphatic carbocycles. The first-order chi connectivity index (χ1) is 9.29. The maximum absolute atomic E-state index is 11.8. The van der Waals surface area contributed by atoms with E-state index in [4.69, 9.17) is 0 Å². The number of aromatic nitrogens is 1. The number of hydrogen-bond acceptors (Lipinski definition) is 4. The van der Waals surface area contributed by atoms with Crippen molar-refractivity contribution in [1.29, 1.82) is 0 Å². The third-order valence-corrected chi connectivity index (χ3v) is 3.46. The minimum absolute atomic E-state index is 0.189. The molecule has 2 heterocycles. The Morgan fingerprint density at radius 2 is 2.42 bits per heavy atom. The zero-order valence-corrected chi connectivity index (χ0v) is 11.5. The summed E-state index contributed by atoms with van der Waals surface area (Å²) in [5.41, 5.74) is 3.87. The van der Waals surface area contributed by atoms with E-state index < -0.39 is 0 Å². The van der Waals surface area contributed by atoms with Crippen LogP contribution in [0.1, 0.15) is 34.3 Å². The maximum Gasteiger partial charge on any atom is 0.272 e. The van der Waals surface area contributed by atoms with Gasteiger partial charge in [0.25, 0.3) is 5.91 Å². The highest BCUT2D eigenvalue weighted by molar-refractivity contribution is 7.10. The first-order valence-electron chi connectivity index (χ1n) is 6.11.